The normalized spacial score (nSPS) is 14.6. The molecule has 0 unspecified atom stereocenters. The molecule has 1 heterocycles. The highest BCUT2D eigenvalue weighted by Gasteiger charge is 2.34. The van der Waals surface area contributed by atoms with Gasteiger partial charge in [-0.15, -0.1) is 0 Å². The molecule has 1 saturated carbocycles. The Morgan fingerprint density at radius 1 is 1.38 bits per heavy atom. The van der Waals surface area contributed by atoms with Crippen molar-refractivity contribution in [1.82, 2.24) is 5.16 Å². The quantitative estimate of drug-likeness (QED) is 0.731. The van der Waals surface area contributed by atoms with Gasteiger partial charge in [0.1, 0.15) is 0 Å². The van der Waals surface area contributed by atoms with Crippen LogP contribution in [0.3, 0.4) is 0 Å². The number of hydrogen-bond donors (Lipinski definition) is 0. The van der Waals surface area contributed by atoms with E-state index in [0.29, 0.717) is 11.3 Å². The van der Waals surface area contributed by atoms with Crippen LogP contribution in [0.1, 0.15) is 47.4 Å². The van der Waals surface area contributed by atoms with Crippen LogP contribution < -0.4 is 4.31 Å². The third-order valence-electron chi connectivity index (χ3n) is 3.96. The van der Waals surface area contributed by atoms with Crippen LogP contribution in [-0.2, 0) is 10.0 Å². The van der Waals surface area contributed by atoms with Gasteiger partial charge in [-0.25, -0.2) is 8.42 Å². The molecule has 0 N–H and O–H groups in total. The van der Waals surface area contributed by atoms with Crippen molar-refractivity contribution in [1.29, 1.82) is 0 Å². The first-order valence-electron chi connectivity index (χ1n) is 7.60. The number of hydrogen-bond acceptors (Lipinski definition) is 5. The third-order valence-corrected chi connectivity index (χ3v) is 5.51. The SMILES string of the molecule is CCN(c1c(Cl)cccc1C(=O)c1cnoc1C1CC1)S(C)(=O)=O. The minimum absolute atomic E-state index is 0.169. The van der Waals surface area contributed by atoms with Gasteiger partial charge < -0.3 is 4.52 Å². The van der Waals surface area contributed by atoms with Crippen molar-refractivity contribution in [3.8, 4) is 0 Å². The molecule has 24 heavy (non-hydrogen) atoms. The zero-order valence-electron chi connectivity index (χ0n) is 13.3. The number of aromatic nitrogens is 1. The van der Waals surface area contributed by atoms with Crippen molar-refractivity contribution in [2.45, 2.75) is 25.7 Å². The zero-order valence-corrected chi connectivity index (χ0v) is 14.9. The van der Waals surface area contributed by atoms with E-state index >= 15 is 0 Å². The van der Waals surface area contributed by atoms with Gasteiger partial charge in [0.2, 0.25) is 10.0 Å². The second kappa shape index (κ2) is 6.22. The maximum Gasteiger partial charge on any atom is 0.232 e. The summed E-state index contributed by atoms with van der Waals surface area (Å²) in [6, 6.07) is 4.76. The minimum atomic E-state index is -3.57. The molecule has 0 bridgehead atoms. The lowest BCUT2D eigenvalue weighted by Crippen LogP contribution is -2.31. The molecule has 1 fully saturated rings. The summed E-state index contributed by atoms with van der Waals surface area (Å²) >= 11 is 6.23. The molecule has 0 spiro atoms. The molecule has 0 radical (unpaired) electrons. The molecule has 1 aliphatic rings. The second-order valence-electron chi connectivity index (χ2n) is 5.77. The molecule has 1 aliphatic carbocycles. The zero-order chi connectivity index (χ0) is 17.5. The Hall–Kier alpha value is -1.86. The van der Waals surface area contributed by atoms with Crippen molar-refractivity contribution in [2.75, 3.05) is 17.1 Å². The molecule has 1 aromatic heterocycles. The van der Waals surface area contributed by atoms with E-state index in [4.69, 9.17) is 16.1 Å². The third kappa shape index (κ3) is 3.06. The van der Waals surface area contributed by atoms with Crippen LogP contribution >= 0.6 is 11.6 Å². The highest BCUT2D eigenvalue weighted by atomic mass is 35.5. The van der Waals surface area contributed by atoms with Crippen LogP contribution in [0.2, 0.25) is 5.02 Å². The van der Waals surface area contributed by atoms with Gasteiger partial charge >= 0.3 is 0 Å². The number of carbonyl (C=O) groups is 1. The van der Waals surface area contributed by atoms with E-state index < -0.39 is 10.0 Å². The molecular weight excluding hydrogens is 352 g/mol. The van der Waals surface area contributed by atoms with E-state index in [-0.39, 0.29) is 34.5 Å². The fourth-order valence-corrected chi connectivity index (χ4v) is 4.04. The standard InChI is InChI=1S/C16H17ClN2O4S/c1-3-19(24(2,21)22)14-11(5-4-6-13(14)17)15(20)12-9-18-23-16(12)10-7-8-10/h4-6,9-10H,3,7-8H2,1-2H3. The van der Waals surface area contributed by atoms with E-state index in [1.165, 1.54) is 6.20 Å². The molecular formula is C16H17ClN2O4S. The molecule has 8 heteroatoms. The summed E-state index contributed by atoms with van der Waals surface area (Å²) in [5, 5.41) is 3.94. The van der Waals surface area contributed by atoms with Gasteiger partial charge in [-0.1, -0.05) is 22.8 Å². The largest absolute Gasteiger partial charge is 0.360 e. The Balaban J connectivity index is 2.13. The van der Waals surface area contributed by atoms with Gasteiger partial charge in [-0.05, 0) is 31.9 Å². The molecule has 0 saturated heterocycles. The number of para-hydroxylation sites is 1. The Labute approximate surface area is 145 Å². The Morgan fingerprint density at radius 2 is 2.08 bits per heavy atom. The van der Waals surface area contributed by atoms with Gasteiger partial charge in [0.15, 0.2) is 11.5 Å². The number of benzene rings is 1. The van der Waals surface area contributed by atoms with Crippen molar-refractivity contribution >= 4 is 33.1 Å². The lowest BCUT2D eigenvalue weighted by molar-refractivity contribution is 0.103. The van der Waals surface area contributed by atoms with Gasteiger partial charge in [-0.3, -0.25) is 9.10 Å². The van der Waals surface area contributed by atoms with Crippen molar-refractivity contribution in [3.05, 3.63) is 46.3 Å². The number of sulfonamides is 1. The average molecular weight is 369 g/mol. The van der Waals surface area contributed by atoms with Gasteiger partial charge in [-0.2, -0.15) is 0 Å². The van der Waals surface area contributed by atoms with Crippen molar-refractivity contribution in [2.24, 2.45) is 0 Å². The monoisotopic (exact) mass is 368 g/mol. The van der Waals surface area contributed by atoms with E-state index in [0.717, 1.165) is 23.4 Å². The van der Waals surface area contributed by atoms with Crippen molar-refractivity contribution < 1.29 is 17.7 Å². The highest BCUT2D eigenvalue weighted by Crippen LogP contribution is 2.43. The van der Waals surface area contributed by atoms with Crippen LogP contribution in [-0.4, -0.2) is 32.2 Å². The first-order chi connectivity index (χ1) is 11.3. The van der Waals surface area contributed by atoms with Crippen LogP contribution in [0.4, 0.5) is 5.69 Å². The molecule has 2 aromatic rings. The fraction of sp³-hybridized carbons (Fsp3) is 0.375. The maximum absolute atomic E-state index is 13.0. The number of anilines is 1. The van der Waals surface area contributed by atoms with Crippen LogP contribution in [0.15, 0.2) is 28.9 Å². The Morgan fingerprint density at radius 3 is 2.67 bits per heavy atom. The number of carbonyl (C=O) groups excluding carboxylic acids is 1. The molecule has 3 rings (SSSR count). The summed E-state index contributed by atoms with van der Waals surface area (Å²) < 4.78 is 30.5. The van der Waals surface area contributed by atoms with Crippen LogP contribution in [0.5, 0.6) is 0 Å². The highest BCUT2D eigenvalue weighted by molar-refractivity contribution is 7.92. The topological polar surface area (TPSA) is 80.5 Å². The number of ketones is 1. The Bertz CT molecular complexity index is 887. The van der Waals surface area contributed by atoms with E-state index in [1.54, 1.807) is 25.1 Å². The lowest BCUT2D eigenvalue weighted by Gasteiger charge is -2.24. The minimum Gasteiger partial charge on any atom is -0.360 e. The Kier molecular flexibility index (Phi) is 4.40. The van der Waals surface area contributed by atoms with E-state index in [1.807, 2.05) is 0 Å². The predicted molar refractivity (Wildman–Crippen MR) is 91.2 cm³/mol. The summed E-state index contributed by atoms with van der Waals surface area (Å²) in [5.41, 5.74) is 0.780. The molecule has 0 atom stereocenters. The smallest absolute Gasteiger partial charge is 0.232 e. The van der Waals surface area contributed by atoms with E-state index in [2.05, 4.69) is 5.16 Å². The lowest BCUT2D eigenvalue weighted by atomic mass is 10.0. The summed E-state index contributed by atoms with van der Waals surface area (Å²) in [6.45, 7) is 1.86. The number of rotatable bonds is 6. The predicted octanol–water partition coefficient (Wildman–Crippen LogP) is 3.22. The molecule has 6 nitrogen and oxygen atoms in total. The molecule has 0 aliphatic heterocycles. The fourth-order valence-electron chi connectivity index (χ4n) is 2.71. The first kappa shape index (κ1) is 17.0. The molecule has 128 valence electrons. The average Bonchev–Trinajstić information content (AvgIpc) is 3.24. The second-order valence-corrected chi connectivity index (χ2v) is 8.08. The summed E-state index contributed by atoms with van der Waals surface area (Å²) in [5.74, 6) is 0.442. The number of halogens is 1. The van der Waals surface area contributed by atoms with Gasteiger partial charge in [0.05, 0.1) is 28.7 Å². The maximum atomic E-state index is 13.0. The van der Waals surface area contributed by atoms with Gasteiger partial charge in [0, 0.05) is 18.0 Å². The molecule has 1 aromatic carbocycles. The number of nitrogens with zero attached hydrogens (tertiary/aromatic N) is 2. The summed E-state index contributed by atoms with van der Waals surface area (Å²) in [6.07, 6.45) is 4.39. The molecule has 0 amide bonds. The van der Waals surface area contributed by atoms with Crippen molar-refractivity contribution in [3.63, 3.8) is 0 Å². The summed E-state index contributed by atoms with van der Waals surface area (Å²) in [7, 11) is -3.57. The van der Waals surface area contributed by atoms with Crippen LogP contribution in [0, 0.1) is 0 Å². The van der Waals surface area contributed by atoms with Gasteiger partial charge in [0.25, 0.3) is 0 Å². The van der Waals surface area contributed by atoms with E-state index in [9.17, 15) is 13.2 Å². The van der Waals surface area contributed by atoms with Crippen LogP contribution in [0.25, 0.3) is 0 Å². The first-order valence-corrected chi connectivity index (χ1v) is 9.82. The summed E-state index contributed by atoms with van der Waals surface area (Å²) in [4.78, 5) is 13.0.